The molecule has 4 N–H and O–H groups in total. The summed E-state index contributed by atoms with van der Waals surface area (Å²) in [6.07, 6.45) is 1.84. The molecule has 0 saturated heterocycles. The standard InChI is InChI=1S/C8H13FN4O2S/c1-5(16(11,14)15)8(2,10)7-12-3-6(9)4-13-7/h3-5H,10H2,1-2H3,(H2,11,14,15)/t5-,8-/m1/s1. The van der Waals surface area contributed by atoms with Crippen molar-refractivity contribution < 1.29 is 12.8 Å². The van der Waals surface area contributed by atoms with E-state index in [1.54, 1.807) is 0 Å². The molecule has 1 rings (SSSR count). The van der Waals surface area contributed by atoms with E-state index in [0.29, 0.717) is 0 Å². The highest BCUT2D eigenvalue weighted by atomic mass is 32.2. The minimum Gasteiger partial charge on any atom is -0.318 e. The Labute approximate surface area is 92.9 Å². The Morgan fingerprint density at radius 3 is 2.25 bits per heavy atom. The molecule has 8 heteroatoms. The first kappa shape index (κ1) is 12.9. The third kappa shape index (κ3) is 2.52. The highest BCUT2D eigenvalue weighted by molar-refractivity contribution is 7.89. The minimum atomic E-state index is -3.82. The second-order valence-electron chi connectivity index (χ2n) is 3.74. The van der Waals surface area contributed by atoms with Crippen molar-refractivity contribution >= 4 is 10.0 Å². The average molecular weight is 248 g/mol. The first-order valence-corrected chi connectivity index (χ1v) is 6.05. The molecule has 1 aromatic heterocycles. The van der Waals surface area contributed by atoms with Gasteiger partial charge in [0.2, 0.25) is 10.0 Å². The molecule has 0 saturated carbocycles. The van der Waals surface area contributed by atoms with Crippen molar-refractivity contribution in [3.8, 4) is 0 Å². The molecule has 0 amide bonds. The van der Waals surface area contributed by atoms with Crippen LogP contribution >= 0.6 is 0 Å². The van der Waals surface area contributed by atoms with Gasteiger partial charge in [-0.2, -0.15) is 0 Å². The van der Waals surface area contributed by atoms with Gasteiger partial charge in [0.1, 0.15) is 5.82 Å². The average Bonchev–Trinajstić information content (AvgIpc) is 2.16. The smallest absolute Gasteiger partial charge is 0.213 e. The number of sulfonamides is 1. The second-order valence-corrected chi connectivity index (χ2v) is 5.62. The number of hydrogen-bond acceptors (Lipinski definition) is 5. The van der Waals surface area contributed by atoms with Crippen LogP contribution in [0.2, 0.25) is 0 Å². The molecule has 6 nitrogen and oxygen atoms in total. The van der Waals surface area contributed by atoms with Crippen molar-refractivity contribution in [2.24, 2.45) is 10.9 Å². The molecule has 0 aliphatic heterocycles. The maximum atomic E-state index is 12.6. The molecule has 0 bridgehead atoms. The lowest BCUT2D eigenvalue weighted by Gasteiger charge is -2.27. The number of halogens is 1. The van der Waals surface area contributed by atoms with Crippen molar-refractivity contribution in [1.82, 2.24) is 9.97 Å². The molecule has 0 fully saturated rings. The summed E-state index contributed by atoms with van der Waals surface area (Å²) >= 11 is 0. The van der Waals surface area contributed by atoms with Crippen molar-refractivity contribution in [2.75, 3.05) is 0 Å². The van der Waals surface area contributed by atoms with E-state index in [9.17, 15) is 12.8 Å². The van der Waals surface area contributed by atoms with Gasteiger partial charge in [-0.05, 0) is 13.8 Å². The highest BCUT2D eigenvalue weighted by Gasteiger charge is 2.38. The molecular formula is C8H13FN4O2S. The zero-order valence-corrected chi connectivity index (χ0v) is 9.70. The van der Waals surface area contributed by atoms with E-state index in [4.69, 9.17) is 10.9 Å². The van der Waals surface area contributed by atoms with Gasteiger partial charge in [0, 0.05) is 0 Å². The van der Waals surface area contributed by atoms with Gasteiger partial charge in [0.25, 0.3) is 0 Å². The fraction of sp³-hybridized carbons (Fsp3) is 0.500. The van der Waals surface area contributed by atoms with Gasteiger partial charge < -0.3 is 5.73 Å². The van der Waals surface area contributed by atoms with Crippen LogP contribution in [-0.4, -0.2) is 23.6 Å². The summed E-state index contributed by atoms with van der Waals surface area (Å²) in [5.41, 5.74) is 4.44. The van der Waals surface area contributed by atoms with Gasteiger partial charge in [-0.1, -0.05) is 0 Å². The topological polar surface area (TPSA) is 112 Å². The number of hydrogen-bond donors (Lipinski definition) is 2. The van der Waals surface area contributed by atoms with E-state index >= 15 is 0 Å². The van der Waals surface area contributed by atoms with Crippen LogP contribution < -0.4 is 10.9 Å². The summed E-state index contributed by atoms with van der Waals surface area (Å²) in [5.74, 6) is -0.599. The Bertz CT molecular complexity index is 471. The second kappa shape index (κ2) is 4.04. The van der Waals surface area contributed by atoms with Crippen LogP contribution in [-0.2, 0) is 15.6 Å². The summed E-state index contributed by atoms with van der Waals surface area (Å²) in [6.45, 7) is 2.78. The predicted molar refractivity (Wildman–Crippen MR) is 56.1 cm³/mol. The largest absolute Gasteiger partial charge is 0.318 e. The molecular weight excluding hydrogens is 235 g/mol. The minimum absolute atomic E-state index is 0.0235. The molecule has 0 spiro atoms. The number of aromatic nitrogens is 2. The summed E-state index contributed by atoms with van der Waals surface area (Å²) < 4.78 is 35.0. The Balaban J connectivity index is 3.16. The Morgan fingerprint density at radius 2 is 1.88 bits per heavy atom. The Morgan fingerprint density at radius 1 is 1.44 bits per heavy atom. The van der Waals surface area contributed by atoms with Crippen LogP contribution in [0.15, 0.2) is 12.4 Å². The molecule has 16 heavy (non-hydrogen) atoms. The van der Waals surface area contributed by atoms with Gasteiger partial charge in [0.15, 0.2) is 5.82 Å². The van der Waals surface area contributed by atoms with Gasteiger partial charge in [-0.15, -0.1) is 0 Å². The molecule has 2 atom stereocenters. The lowest BCUT2D eigenvalue weighted by molar-refractivity contribution is 0.432. The lowest BCUT2D eigenvalue weighted by atomic mass is 9.99. The number of nitrogens with two attached hydrogens (primary N) is 2. The third-order valence-electron chi connectivity index (χ3n) is 2.44. The first-order valence-electron chi connectivity index (χ1n) is 4.44. The van der Waals surface area contributed by atoms with Crippen LogP contribution in [0.3, 0.4) is 0 Å². The van der Waals surface area contributed by atoms with Crippen LogP contribution in [0.5, 0.6) is 0 Å². The molecule has 1 aromatic rings. The summed E-state index contributed by atoms with van der Waals surface area (Å²) in [5, 5.41) is 3.92. The summed E-state index contributed by atoms with van der Waals surface area (Å²) in [6, 6.07) is 0. The summed E-state index contributed by atoms with van der Waals surface area (Å²) in [7, 11) is -3.82. The summed E-state index contributed by atoms with van der Waals surface area (Å²) in [4.78, 5) is 7.31. The molecule has 0 unspecified atom stereocenters. The lowest BCUT2D eigenvalue weighted by Crippen LogP contribution is -2.50. The molecule has 1 heterocycles. The van der Waals surface area contributed by atoms with E-state index in [0.717, 1.165) is 12.4 Å². The maximum Gasteiger partial charge on any atom is 0.213 e. The SMILES string of the molecule is C[C@H]([C@@](C)(N)c1ncc(F)cn1)S(N)(=O)=O. The molecule has 0 aliphatic carbocycles. The van der Waals surface area contributed by atoms with Crippen LogP contribution in [0.25, 0.3) is 0 Å². The zero-order chi connectivity index (χ0) is 12.6. The predicted octanol–water partition coefficient (Wildman–Crippen LogP) is -0.533. The maximum absolute atomic E-state index is 12.6. The van der Waals surface area contributed by atoms with Crippen molar-refractivity contribution in [3.05, 3.63) is 24.0 Å². The fourth-order valence-electron chi connectivity index (χ4n) is 1.11. The van der Waals surface area contributed by atoms with Crippen molar-refractivity contribution in [3.63, 3.8) is 0 Å². The number of nitrogens with zero attached hydrogens (tertiary/aromatic N) is 2. The van der Waals surface area contributed by atoms with Crippen LogP contribution in [0.4, 0.5) is 4.39 Å². The Hall–Kier alpha value is -1.12. The fourth-order valence-corrected chi connectivity index (χ4v) is 1.90. The van der Waals surface area contributed by atoms with E-state index in [-0.39, 0.29) is 5.82 Å². The number of primary sulfonamides is 1. The van der Waals surface area contributed by atoms with Crippen LogP contribution in [0, 0.1) is 5.82 Å². The quantitative estimate of drug-likeness (QED) is 0.746. The number of rotatable bonds is 3. The molecule has 90 valence electrons. The molecule has 0 aromatic carbocycles. The molecule has 0 aliphatic rings. The zero-order valence-electron chi connectivity index (χ0n) is 8.88. The first-order chi connectivity index (χ1) is 7.15. The van der Waals surface area contributed by atoms with Gasteiger partial charge in [0.05, 0.1) is 23.2 Å². The van der Waals surface area contributed by atoms with Crippen LogP contribution in [0.1, 0.15) is 19.7 Å². The third-order valence-corrected chi connectivity index (χ3v) is 3.91. The van der Waals surface area contributed by atoms with Gasteiger partial charge in [-0.3, -0.25) is 0 Å². The Kier molecular flexibility index (Phi) is 3.27. The van der Waals surface area contributed by atoms with E-state index in [2.05, 4.69) is 9.97 Å². The molecule has 0 radical (unpaired) electrons. The van der Waals surface area contributed by atoms with Crippen molar-refractivity contribution in [2.45, 2.75) is 24.6 Å². The monoisotopic (exact) mass is 248 g/mol. The van der Waals surface area contributed by atoms with E-state index in [1.165, 1.54) is 13.8 Å². The van der Waals surface area contributed by atoms with E-state index < -0.39 is 26.6 Å². The van der Waals surface area contributed by atoms with E-state index in [1.807, 2.05) is 0 Å². The van der Waals surface area contributed by atoms with Gasteiger partial charge >= 0.3 is 0 Å². The van der Waals surface area contributed by atoms with Gasteiger partial charge in [-0.25, -0.2) is 27.9 Å². The normalized spacial score (nSPS) is 17.8. The van der Waals surface area contributed by atoms with Crippen molar-refractivity contribution in [1.29, 1.82) is 0 Å². The highest BCUT2D eigenvalue weighted by Crippen LogP contribution is 2.21.